The van der Waals surface area contributed by atoms with Gasteiger partial charge in [-0.05, 0) is 61.4 Å². The van der Waals surface area contributed by atoms with Crippen LogP contribution in [0.4, 0.5) is 41.4 Å². The molecule has 0 radical (unpaired) electrons. The minimum atomic E-state index is -4.82. The van der Waals surface area contributed by atoms with Crippen LogP contribution in [0, 0.1) is 17.5 Å². The van der Waals surface area contributed by atoms with Gasteiger partial charge >= 0.3 is 0 Å². The number of pyridine rings is 1. The molecule has 7 rings (SSSR count). The van der Waals surface area contributed by atoms with Crippen molar-refractivity contribution >= 4 is 49.6 Å². The van der Waals surface area contributed by atoms with E-state index in [4.69, 9.17) is 14.7 Å². The van der Waals surface area contributed by atoms with Crippen LogP contribution < -0.4 is 19.8 Å². The highest BCUT2D eigenvalue weighted by Crippen LogP contribution is 2.42. The van der Waals surface area contributed by atoms with Crippen LogP contribution in [-0.2, 0) is 14.8 Å². The van der Waals surface area contributed by atoms with Gasteiger partial charge in [0.15, 0.2) is 10.0 Å². The van der Waals surface area contributed by atoms with E-state index in [0.717, 1.165) is 74.2 Å². The monoisotopic (exact) mass is 694 g/mol. The molecule has 3 aromatic heterocycles. The normalized spacial score (nSPS) is 15.1. The van der Waals surface area contributed by atoms with Crippen molar-refractivity contribution in [3.63, 3.8) is 0 Å². The van der Waals surface area contributed by atoms with E-state index in [1.807, 2.05) is 16.9 Å². The number of thiazole rings is 1. The number of sulfonamides is 1. The topological polar surface area (TPSA) is 125 Å². The van der Waals surface area contributed by atoms with Crippen molar-refractivity contribution < 1.29 is 26.3 Å². The van der Waals surface area contributed by atoms with E-state index in [0.29, 0.717) is 46.7 Å². The highest BCUT2D eigenvalue weighted by Gasteiger charge is 2.27. The van der Waals surface area contributed by atoms with Crippen molar-refractivity contribution in [1.29, 1.82) is 0 Å². The lowest BCUT2D eigenvalue weighted by Gasteiger charge is -2.27. The number of anilines is 5. The fraction of sp³-hybridized carbons (Fsp3) is 0.250. The van der Waals surface area contributed by atoms with Crippen LogP contribution in [0.5, 0.6) is 0 Å². The van der Waals surface area contributed by atoms with E-state index in [-0.39, 0.29) is 0 Å². The molecule has 0 amide bonds. The number of hydrogen-bond donors (Lipinski definition) is 2. The summed E-state index contributed by atoms with van der Waals surface area (Å²) in [4.78, 5) is 22.3. The number of aromatic nitrogens is 4. The van der Waals surface area contributed by atoms with Gasteiger partial charge in [0.05, 0.1) is 47.1 Å². The number of benzene rings is 2. The van der Waals surface area contributed by atoms with Gasteiger partial charge in [0.1, 0.15) is 23.3 Å². The predicted octanol–water partition coefficient (Wildman–Crippen LogP) is 6.06. The summed E-state index contributed by atoms with van der Waals surface area (Å²) in [5.74, 6) is -2.36. The van der Waals surface area contributed by atoms with Gasteiger partial charge in [-0.25, -0.2) is 41.5 Å². The average Bonchev–Trinajstić information content (AvgIpc) is 3.78. The van der Waals surface area contributed by atoms with Gasteiger partial charge in [-0.3, -0.25) is 4.72 Å². The summed E-state index contributed by atoms with van der Waals surface area (Å²) in [6.45, 7) is 4.49. The minimum Gasteiger partial charge on any atom is -0.378 e. The van der Waals surface area contributed by atoms with Crippen LogP contribution >= 0.6 is 11.3 Å². The molecule has 0 saturated carbocycles. The molecule has 0 aliphatic carbocycles. The maximum absolute atomic E-state index is 15.0. The van der Waals surface area contributed by atoms with Crippen molar-refractivity contribution in [2.45, 2.75) is 17.7 Å². The molecule has 0 atom stereocenters. The molecule has 2 aliphatic rings. The molecular formula is C32H29F3N8O3S2. The lowest BCUT2D eigenvalue weighted by atomic mass is 10.1. The Bertz CT molecular complexity index is 2030. The Morgan fingerprint density at radius 3 is 2.33 bits per heavy atom. The smallest absolute Gasteiger partial charge is 0.267 e. The van der Waals surface area contributed by atoms with E-state index < -0.39 is 38.1 Å². The first kappa shape index (κ1) is 31.8. The highest BCUT2D eigenvalue weighted by molar-refractivity contribution is 7.92. The molecule has 2 aliphatic heterocycles. The fourth-order valence-corrected chi connectivity index (χ4v) is 7.83. The summed E-state index contributed by atoms with van der Waals surface area (Å²) in [7, 11) is -4.82. The molecule has 2 fully saturated rings. The predicted molar refractivity (Wildman–Crippen MR) is 178 cm³/mol. The van der Waals surface area contributed by atoms with Crippen molar-refractivity contribution in [2.75, 3.05) is 59.2 Å². The largest absolute Gasteiger partial charge is 0.378 e. The number of ether oxygens (including phenoxy) is 1. The lowest BCUT2D eigenvalue weighted by molar-refractivity contribution is 0.122. The van der Waals surface area contributed by atoms with E-state index in [1.165, 1.54) is 23.5 Å². The lowest BCUT2D eigenvalue weighted by Crippen LogP contribution is -2.36. The molecule has 5 aromatic rings. The molecule has 16 heteroatoms. The zero-order valence-corrected chi connectivity index (χ0v) is 27.0. The number of morpholine rings is 1. The third kappa shape index (κ3) is 6.63. The van der Waals surface area contributed by atoms with E-state index in [1.54, 1.807) is 18.5 Å². The number of nitrogens with one attached hydrogen (secondary N) is 2. The standard InChI is InChI=1S/C32H29F3N8O3S2/c33-22-8-6-20(18-26(22)41-48(44,45)30-23(34)4-3-5-24(30)35)28-29(47-32(40-28)43-12-1-2-13-43)25-10-11-36-31(39-25)38-21-7-9-27(37-19-21)42-14-16-46-17-15-42/h3-11,18-19,41H,1-2,12-17H2,(H,36,38,39). The molecule has 0 unspecified atom stereocenters. The van der Waals surface area contributed by atoms with Crippen molar-refractivity contribution in [1.82, 2.24) is 19.9 Å². The van der Waals surface area contributed by atoms with Gasteiger partial charge < -0.3 is 19.9 Å². The molecule has 0 spiro atoms. The van der Waals surface area contributed by atoms with E-state index >= 15 is 4.39 Å². The molecule has 248 valence electrons. The first-order valence-corrected chi connectivity index (χ1v) is 17.5. The SMILES string of the molecule is O=S(=O)(Nc1cc(-c2nc(N3CCCC3)sc2-c2ccnc(Nc3ccc(N4CCOCC4)nc3)n2)ccc1F)c1c(F)cccc1F. The number of nitrogens with zero attached hydrogens (tertiary/aromatic N) is 6. The van der Waals surface area contributed by atoms with Gasteiger partial charge in [-0.2, -0.15) is 0 Å². The van der Waals surface area contributed by atoms with Crippen LogP contribution in [0.2, 0.25) is 0 Å². The van der Waals surface area contributed by atoms with Crippen molar-refractivity contribution in [2.24, 2.45) is 0 Å². The minimum absolute atomic E-state index is 0.315. The van der Waals surface area contributed by atoms with Crippen molar-refractivity contribution in [3.05, 3.63) is 84.4 Å². The Morgan fingerprint density at radius 1 is 0.833 bits per heavy atom. The first-order chi connectivity index (χ1) is 23.2. The molecule has 2 aromatic carbocycles. The Kier molecular flexibility index (Phi) is 8.85. The van der Waals surface area contributed by atoms with Gasteiger partial charge in [0, 0.05) is 37.9 Å². The van der Waals surface area contributed by atoms with Gasteiger partial charge in [0.25, 0.3) is 10.0 Å². The van der Waals surface area contributed by atoms with Crippen LogP contribution in [0.25, 0.3) is 21.8 Å². The molecule has 0 bridgehead atoms. The Morgan fingerprint density at radius 2 is 1.60 bits per heavy atom. The number of rotatable bonds is 9. The molecule has 5 heterocycles. The summed E-state index contributed by atoms with van der Waals surface area (Å²) in [5.41, 5.74) is 1.53. The van der Waals surface area contributed by atoms with Gasteiger partial charge in [-0.1, -0.05) is 17.4 Å². The molecular weight excluding hydrogens is 666 g/mol. The second-order valence-corrected chi connectivity index (χ2v) is 13.7. The Hall–Kier alpha value is -4.80. The quantitative estimate of drug-likeness (QED) is 0.188. The zero-order valence-electron chi connectivity index (χ0n) is 25.4. The van der Waals surface area contributed by atoms with Crippen molar-refractivity contribution in [3.8, 4) is 21.8 Å². The fourth-order valence-electron chi connectivity index (χ4n) is 5.52. The van der Waals surface area contributed by atoms with Gasteiger partial charge in [-0.15, -0.1) is 0 Å². The molecule has 2 saturated heterocycles. The summed E-state index contributed by atoms with van der Waals surface area (Å²) in [6, 6.07) is 12.0. The Labute approximate surface area is 278 Å². The number of halogens is 3. The van der Waals surface area contributed by atoms with Crippen LogP contribution in [0.15, 0.2) is 71.9 Å². The molecule has 48 heavy (non-hydrogen) atoms. The Balaban J connectivity index is 1.21. The maximum atomic E-state index is 15.0. The summed E-state index contributed by atoms with van der Waals surface area (Å²) in [6.07, 6.45) is 5.34. The third-order valence-electron chi connectivity index (χ3n) is 7.89. The molecule has 11 nitrogen and oxygen atoms in total. The third-order valence-corrected chi connectivity index (χ3v) is 10.4. The second-order valence-electron chi connectivity index (χ2n) is 11.1. The highest BCUT2D eigenvalue weighted by atomic mass is 32.2. The van der Waals surface area contributed by atoms with Crippen LogP contribution in [-0.4, -0.2) is 67.7 Å². The second kappa shape index (κ2) is 13.4. The summed E-state index contributed by atoms with van der Waals surface area (Å²) in [5, 5.41) is 3.92. The van der Waals surface area contributed by atoms with Crippen LogP contribution in [0.1, 0.15) is 12.8 Å². The average molecular weight is 695 g/mol. The molecule has 2 N–H and O–H groups in total. The summed E-state index contributed by atoms with van der Waals surface area (Å²) < 4.78 is 77.1. The number of hydrogen-bond acceptors (Lipinski definition) is 11. The zero-order chi connectivity index (χ0) is 33.3. The maximum Gasteiger partial charge on any atom is 0.267 e. The summed E-state index contributed by atoms with van der Waals surface area (Å²) >= 11 is 1.40. The van der Waals surface area contributed by atoms with E-state index in [2.05, 4.69) is 25.1 Å². The van der Waals surface area contributed by atoms with Gasteiger partial charge in [0.2, 0.25) is 5.95 Å². The van der Waals surface area contributed by atoms with Crippen LogP contribution in [0.3, 0.4) is 0 Å². The van der Waals surface area contributed by atoms with E-state index in [9.17, 15) is 17.2 Å². The first-order valence-electron chi connectivity index (χ1n) is 15.2.